The van der Waals surface area contributed by atoms with E-state index in [9.17, 15) is 8.42 Å². The van der Waals surface area contributed by atoms with Crippen molar-refractivity contribution in [3.05, 3.63) is 24.3 Å². The lowest BCUT2D eigenvalue weighted by Crippen LogP contribution is -2.23. The van der Waals surface area contributed by atoms with Crippen molar-refractivity contribution in [1.82, 2.24) is 5.32 Å². The molecule has 1 rings (SSSR count). The summed E-state index contributed by atoms with van der Waals surface area (Å²) in [4.78, 5) is 0.320. The average Bonchev–Trinajstić information content (AvgIpc) is 2.32. The highest BCUT2D eigenvalue weighted by molar-refractivity contribution is 7.90. The number of hydrogen-bond donors (Lipinski definition) is 1. The smallest absolute Gasteiger partial charge is 0.175 e. The predicted molar refractivity (Wildman–Crippen MR) is 77.4 cm³/mol. The molecule has 5 heteroatoms. The lowest BCUT2D eigenvalue weighted by atomic mass is 10.3. The first-order valence-electron chi connectivity index (χ1n) is 6.56. The van der Waals surface area contributed by atoms with Crippen LogP contribution in [0.4, 0.5) is 0 Å². The zero-order valence-electron chi connectivity index (χ0n) is 11.8. The molecule has 1 aromatic rings. The highest BCUT2D eigenvalue weighted by Gasteiger charge is 2.06. The summed E-state index contributed by atoms with van der Waals surface area (Å²) in [6.45, 7) is 5.89. The van der Waals surface area contributed by atoms with Crippen molar-refractivity contribution in [1.29, 1.82) is 0 Å². The van der Waals surface area contributed by atoms with Gasteiger partial charge in [-0.25, -0.2) is 8.42 Å². The Hall–Kier alpha value is -1.07. The van der Waals surface area contributed by atoms with E-state index < -0.39 is 9.84 Å². The van der Waals surface area contributed by atoms with Gasteiger partial charge < -0.3 is 10.1 Å². The van der Waals surface area contributed by atoms with Crippen molar-refractivity contribution >= 4 is 9.84 Å². The van der Waals surface area contributed by atoms with Crippen molar-refractivity contribution in [3.8, 4) is 5.75 Å². The van der Waals surface area contributed by atoms with Gasteiger partial charge in [0.15, 0.2) is 9.84 Å². The molecule has 0 saturated heterocycles. The van der Waals surface area contributed by atoms with Crippen LogP contribution < -0.4 is 10.1 Å². The highest BCUT2D eigenvalue weighted by atomic mass is 32.2. The number of sulfone groups is 1. The second-order valence-corrected chi connectivity index (χ2v) is 6.92. The van der Waals surface area contributed by atoms with E-state index in [1.807, 2.05) is 0 Å². The molecule has 0 aliphatic carbocycles. The van der Waals surface area contributed by atoms with E-state index in [-0.39, 0.29) is 0 Å². The van der Waals surface area contributed by atoms with Gasteiger partial charge in [0.05, 0.1) is 11.5 Å². The number of ether oxygens (including phenoxy) is 1. The molecule has 1 N–H and O–H groups in total. The molecule has 0 aliphatic rings. The first-order chi connectivity index (χ1) is 8.89. The maximum absolute atomic E-state index is 11.3. The topological polar surface area (TPSA) is 55.4 Å². The van der Waals surface area contributed by atoms with Crippen LogP contribution in [0.15, 0.2) is 29.2 Å². The number of hydrogen-bond acceptors (Lipinski definition) is 4. The van der Waals surface area contributed by atoms with Crippen LogP contribution in [0, 0.1) is 0 Å². The molecular weight excluding hydrogens is 262 g/mol. The lowest BCUT2D eigenvalue weighted by molar-refractivity contribution is 0.305. The van der Waals surface area contributed by atoms with E-state index in [2.05, 4.69) is 19.2 Å². The van der Waals surface area contributed by atoms with Crippen LogP contribution in [0.2, 0.25) is 0 Å². The Morgan fingerprint density at radius 1 is 1.16 bits per heavy atom. The van der Waals surface area contributed by atoms with E-state index in [0.29, 0.717) is 23.3 Å². The van der Waals surface area contributed by atoms with Crippen molar-refractivity contribution in [2.24, 2.45) is 0 Å². The zero-order chi connectivity index (χ0) is 14.3. The fourth-order valence-electron chi connectivity index (χ4n) is 1.59. The minimum Gasteiger partial charge on any atom is -0.494 e. The summed E-state index contributed by atoms with van der Waals surface area (Å²) >= 11 is 0. The third-order valence-electron chi connectivity index (χ3n) is 2.64. The van der Waals surface area contributed by atoms with Gasteiger partial charge in [-0.1, -0.05) is 13.8 Å². The lowest BCUT2D eigenvalue weighted by Gasteiger charge is -2.09. The van der Waals surface area contributed by atoms with Crippen LogP contribution in [0.5, 0.6) is 5.75 Å². The van der Waals surface area contributed by atoms with Crippen LogP contribution in [-0.4, -0.2) is 33.9 Å². The summed E-state index contributed by atoms with van der Waals surface area (Å²) in [6, 6.07) is 7.06. The third-order valence-corrected chi connectivity index (χ3v) is 3.77. The van der Waals surface area contributed by atoms with Gasteiger partial charge in [0, 0.05) is 12.3 Å². The van der Waals surface area contributed by atoms with Crippen molar-refractivity contribution < 1.29 is 13.2 Å². The van der Waals surface area contributed by atoms with Crippen LogP contribution in [-0.2, 0) is 9.84 Å². The van der Waals surface area contributed by atoms with Crippen LogP contribution in [0.3, 0.4) is 0 Å². The summed E-state index contributed by atoms with van der Waals surface area (Å²) < 4.78 is 28.1. The Kier molecular flexibility index (Phi) is 6.31. The Balaban J connectivity index is 2.27. The predicted octanol–water partition coefficient (Wildman–Crippen LogP) is 2.25. The molecule has 0 radical (unpaired) electrons. The molecule has 108 valence electrons. The Morgan fingerprint density at radius 3 is 2.32 bits per heavy atom. The van der Waals surface area contributed by atoms with Gasteiger partial charge in [-0.2, -0.15) is 0 Å². The molecule has 1 aromatic carbocycles. The fraction of sp³-hybridized carbons (Fsp3) is 0.571. The molecule has 19 heavy (non-hydrogen) atoms. The second kappa shape index (κ2) is 7.50. The van der Waals surface area contributed by atoms with Crippen molar-refractivity contribution in [2.75, 3.05) is 19.4 Å². The Labute approximate surface area is 116 Å². The van der Waals surface area contributed by atoms with Gasteiger partial charge in [-0.15, -0.1) is 0 Å². The van der Waals surface area contributed by atoms with E-state index >= 15 is 0 Å². The molecule has 0 unspecified atom stereocenters. The maximum atomic E-state index is 11.3. The number of nitrogens with one attached hydrogen (secondary N) is 1. The number of benzene rings is 1. The SMILES string of the molecule is CC(C)NCCCCOc1ccc(S(C)(=O)=O)cc1. The summed E-state index contributed by atoms with van der Waals surface area (Å²) in [5, 5.41) is 3.35. The first kappa shape index (κ1) is 16.0. The van der Waals surface area contributed by atoms with Gasteiger partial charge in [-0.05, 0) is 43.7 Å². The van der Waals surface area contributed by atoms with E-state index in [1.165, 1.54) is 6.26 Å². The highest BCUT2D eigenvalue weighted by Crippen LogP contribution is 2.15. The third kappa shape index (κ3) is 6.59. The molecule has 0 amide bonds. The minimum absolute atomic E-state index is 0.320. The normalized spacial score (nSPS) is 11.8. The van der Waals surface area contributed by atoms with Gasteiger partial charge in [0.25, 0.3) is 0 Å². The molecule has 0 spiro atoms. The fourth-order valence-corrected chi connectivity index (χ4v) is 2.22. The summed E-state index contributed by atoms with van der Waals surface area (Å²) in [5.74, 6) is 0.712. The Bertz CT molecular complexity index is 466. The number of rotatable bonds is 8. The molecule has 0 heterocycles. The van der Waals surface area contributed by atoms with Crippen molar-refractivity contribution in [3.63, 3.8) is 0 Å². The van der Waals surface area contributed by atoms with E-state index in [4.69, 9.17) is 4.74 Å². The average molecular weight is 285 g/mol. The standard InChI is InChI=1S/C14H23NO3S/c1-12(2)15-10-4-5-11-18-13-6-8-14(9-7-13)19(3,16)17/h6-9,12,15H,4-5,10-11H2,1-3H3. The van der Waals surface area contributed by atoms with Crippen LogP contribution >= 0.6 is 0 Å². The molecule has 0 aliphatic heterocycles. The largest absolute Gasteiger partial charge is 0.494 e. The summed E-state index contributed by atoms with van der Waals surface area (Å²) in [6.07, 6.45) is 3.25. The zero-order valence-corrected chi connectivity index (χ0v) is 12.7. The Morgan fingerprint density at radius 2 is 1.79 bits per heavy atom. The van der Waals surface area contributed by atoms with Crippen LogP contribution in [0.1, 0.15) is 26.7 Å². The van der Waals surface area contributed by atoms with E-state index in [0.717, 1.165) is 19.4 Å². The summed E-state index contributed by atoms with van der Waals surface area (Å²) in [7, 11) is -3.12. The first-order valence-corrected chi connectivity index (χ1v) is 8.45. The van der Waals surface area contributed by atoms with Gasteiger partial charge in [0.2, 0.25) is 0 Å². The van der Waals surface area contributed by atoms with Crippen molar-refractivity contribution in [2.45, 2.75) is 37.6 Å². The molecule has 4 nitrogen and oxygen atoms in total. The minimum atomic E-state index is -3.12. The molecule has 0 aromatic heterocycles. The maximum Gasteiger partial charge on any atom is 0.175 e. The van der Waals surface area contributed by atoms with Gasteiger partial charge >= 0.3 is 0 Å². The molecule has 0 fully saturated rings. The van der Waals surface area contributed by atoms with E-state index in [1.54, 1.807) is 24.3 Å². The second-order valence-electron chi connectivity index (χ2n) is 4.91. The summed E-state index contributed by atoms with van der Waals surface area (Å²) in [5.41, 5.74) is 0. The molecule has 0 bridgehead atoms. The number of unbranched alkanes of at least 4 members (excludes halogenated alkanes) is 1. The quantitative estimate of drug-likeness (QED) is 0.744. The molecule has 0 saturated carbocycles. The molecular formula is C14H23NO3S. The van der Waals surface area contributed by atoms with Gasteiger partial charge in [0.1, 0.15) is 5.75 Å². The molecule has 0 atom stereocenters. The monoisotopic (exact) mass is 285 g/mol. The van der Waals surface area contributed by atoms with Crippen LogP contribution in [0.25, 0.3) is 0 Å². The van der Waals surface area contributed by atoms with Gasteiger partial charge in [-0.3, -0.25) is 0 Å².